The predicted molar refractivity (Wildman–Crippen MR) is 70.2 cm³/mol. The molecule has 0 spiro atoms. The maximum absolute atomic E-state index is 13.5. The fourth-order valence-corrected chi connectivity index (χ4v) is 3.72. The number of nitrogens with zero attached hydrogens (tertiary/aromatic N) is 2. The first-order valence-electron chi connectivity index (χ1n) is 6.17. The number of sulfonamides is 1. The van der Waals surface area contributed by atoms with Gasteiger partial charge in [0, 0.05) is 13.1 Å². The maximum atomic E-state index is 13.5. The number of para-hydroxylation sites is 1. The normalized spacial score (nSPS) is 17.2. The van der Waals surface area contributed by atoms with Crippen molar-refractivity contribution in [3.63, 3.8) is 0 Å². The molecular formula is C12H15FN2O4S. The first-order valence-corrected chi connectivity index (χ1v) is 7.61. The molecule has 1 aliphatic carbocycles. The van der Waals surface area contributed by atoms with E-state index in [0.29, 0.717) is 0 Å². The second kappa shape index (κ2) is 5.10. The fourth-order valence-electron chi connectivity index (χ4n) is 2.13. The summed E-state index contributed by atoms with van der Waals surface area (Å²) in [4.78, 5) is 9.31. The van der Waals surface area contributed by atoms with E-state index in [2.05, 4.69) is 0 Å². The highest BCUT2D eigenvalue weighted by molar-refractivity contribution is 7.89. The van der Waals surface area contributed by atoms with Gasteiger partial charge in [0.05, 0.1) is 4.92 Å². The molecule has 1 aromatic carbocycles. The first kappa shape index (κ1) is 14.9. The van der Waals surface area contributed by atoms with Gasteiger partial charge >= 0.3 is 5.69 Å². The molecule has 0 heterocycles. The summed E-state index contributed by atoms with van der Waals surface area (Å²) >= 11 is 0. The molecule has 2 rings (SSSR count). The van der Waals surface area contributed by atoms with E-state index < -0.39 is 31.3 Å². The highest BCUT2D eigenvalue weighted by atomic mass is 32.2. The highest BCUT2D eigenvalue weighted by Crippen LogP contribution is 2.37. The Morgan fingerprint density at radius 2 is 2.05 bits per heavy atom. The van der Waals surface area contributed by atoms with Crippen molar-refractivity contribution >= 4 is 15.7 Å². The van der Waals surface area contributed by atoms with Gasteiger partial charge in [-0.15, -0.1) is 0 Å². The number of halogens is 1. The number of hydrogen-bond acceptors (Lipinski definition) is 4. The lowest BCUT2D eigenvalue weighted by Gasteiger charge is -2.24. The van der Waals surface area contributed by atoms with E-state index in [4.69, 9.17) is 0 Å². The van der Waals surface area contributed by atoms with Crippen LogP contribution in [0.25, 0.3) is 0 Å². The Labute approximate surface area is 116 Å². The lowest BCUT2D eigenvalue weighted by molar-refractivity contribution is -0.390. The fraction of sp³-hybridized carbons (Fsp3) is 0.500. The number of hydrogen-bond donors (Lipinski definition) is 0. The van der Waals surface area contributed by atoms with Gasteiger partial charge in [-0.25, -0.2) is 8.42 Å². The van der Waals surface area contributed by atoms with Crippen molar-refractivity contribution in [2.45, 2.75) is 30.7 Å². The average molecular weight is 302 g/mol. The molecule has 0 radical (unpaired) electrons. The van der Waals surface area contributed by atoms with Gasteiger partial charge < -0.3 is 0 Å². The van der Waals surface area contributed by atoms with Gasteiger partial charge in [-0.2, -0.15) is 8.70 Å². The zero-order valence-corrected chi connectivity index (χ0v) is 11.9. The molecule has 110 valence electrons. The second-order valence-electron chi connectivity index (χ2n) is 4.94. The van der Waals surface area contributed by atoms with E-state index in [1.165, 1.54) is 7.05 Å². The van der Waals surface area contributed by atoms with Crippen molar-refractivity contribution < 1.29 is 17.7 Å². The summed E-state index contributed by atoms with van der Waals surface area (Å²) in [7, 11) is -2.72. The maximum Gasteiger partial charge on any atom is 0.324 e. The van der Waals surface area contributed by atoms with Crippen LogP contribution in [0.5, 0.6) is 0 Å². The van der Waals surface area contributed by atoms with Crippen molar-refractivity contribution in [1.82, 2.24) is 4.31 Å². The van der Waals surface area contributed by atoms with Crippen LogP contribution in [0.2, 0.25) is 0 Å². The minimum Gasteiger partial charge on any atom is -0.258 e. The quantitative estimate of drug-likeness (QED) is 0.616. The van der Waals surface area contributed by atoms with E-state index in [1.54, 1.807) is 6.92 Å². The van der Waals surface area contributed by atoms with Gasteiger partial charge in [0.1, 0.15) is 0 Å². The van der Waals surface area contributed by atoms with Crippen molar-refractivity contribution in [3.05, 3.63) is 34.1 Å². The summed E-state index contributed by atoms with van der Waals surface area (Å²) in [5.41, 5.74) is -0.998. The highest BCUT2D eigenvalue weighted by Gasteiger charge is 2.39. The molecule has 1 fully saturated rings. The van der Waals surface area contributed by atoms with E-state index in [-0.39, 0.29) is 12.0 Å². The van der Waals surface area contributed by atoms with Crippen LogP contribution in [-0.2, 0) is 10.0 Å². The number of benzene rings is 1. The molecule has 0 aromatic heterocycles. The van der Waals surface area contributed by atoms with E-state index in [0.717, 1.165) is 35.3 Å². The van der Waals surface area contributed by atoms with E-state index in [1.807, 2.05) is 0 Å². The molecule has 1 atom stereocenters. The lowest BCUT2D eigenvalue weighted by Crippen LogP contribution is -2.36. The third-order valence-corrected chi connectivity index (χ3v) is 5.64. The molecule has 0 bridgehead atoms. The van der Waals surface area contributed by atoms with Crippen molar-refractivity contribution in [3.8, 4) is 0 Å². The molecule has 0 aliphatic heterocycles. The number of nitro benzene ring substituents is 1. The van der Waals surface area contributed by atoms with Gasteiger partial charge in [0.25, 0.3) is 0 Å². The standard InChI is InChI=1S/C12H15FN2O4S/c1-8(9-6-7-9)14(2)20(18,19)11-5-3-4-10(13)12(11)15(16)17/h3-5,8-9H,6-7H2,1-2H3. The Bertz CT molecular complexity index is 643. The second-order valence-corrected chi connectivity index (χ2v) is 6.91. The largest absolute Gasteiger partial charge is 0.324 e. The van der Waals surface area contributed by atoms with Crippen LogP contribution in [0, 0.1) is 21.8 Å². The number of rotatable bonds is 5. The molecule has 1 unspecified atom stereocenters. The molecule has 0 N–H and O–H groups in total. The van der Waals surface area contributed by atoms with Gasteiger partial charge in [-0.05, 0) is 37.8 Å². The SMILES string of the molecule is CC(C1CC1)N(C)S(=O)(=O)c1cccc(F)c1[N+](=O)[O-]. The molecular weight excluding hydrogens is 287 g/mol. The number of nitro groups is 1. The zero-order valence-electron chi connectivity index (χ0n) is 11.1. The topological polar surface area (TPSA) is 80.5 Å². The average Bonchev–Trinajstić information content (AvgIpc) is 3.20. The Morgan fingerprint density at radius 1 is 1.45 bits per heavy atom. The molecule has 1 saturated carbocycles. The van der Waals surface area contributed by atoms with Crippen LogP contribution in [0.4, 0.5) is 10.1 Å². The Kier molecular flexibility index (Phi) is 3.79. The Hall–Kier alpha value is -1.54. The van der Waals surface area contributed by atoms with Crippen LogP contribution < -0.4 is 0 Å². The summed E-state index contributed by atoms with van der Waals surface area (Å²) < 4.78 is 39.5. The summed E-state index contributed by atoms with van der Waals surface area (Å²) in [5.74, 6) is -0.883. The first-order chi connectivity index (χ1) is 9.26. The third-order valence-electron chi connectivity index (χ3n) is 3.67. The summed E-state index contributed by atoms with van der Waals surface area (Å²) in [6.45, 7) is 1.75. The predicted octanol–water partition coefficient (Wildman–Crippen LogP) is 2.15. The molecule has 0 saturated heterocycles. The third kappa shape index (κ3) is 2.53. The molecule has 6 nitrogen and oxygen atoms in total. The van der Waals surface area contributed by atoms with Crippen LogP contribution in [0.1, 0.15) is 19.8 Å². The van der Waals surface area contributed by atoms with Crippen LogP contribution >= 0.6 is 0 Å². The van der Waals surface area contributed by atoms with Crippen LogP contribution in [0.15, 0.2) is 23.1 Å². The summed E-state index contributed by atoms with van der Waals surface area (Å²) in [6, 6.07) is 2.83. The molecule has 8 heteroatoms. The van der Waals surface area contributed by atoms with E-state index in [9.17, 15) is 22.9 Å². The van der Waals surface area contributed by atoms with Crippen LogP contribution in [-0.4, -0.2) is 30.7 Å². The smallest absolute Gasteiger partial charge is 0.258 e. The van der Waals surface area contributed by atoms with Crippen molar-refractivity contribution in [2.24, 2.45) is 5.92 Å². The van der Waals surface area contributed by atoms with Gasteiger partial charge in [-0.3, -0.25) is 10.1 Å². The summed E-state index contributed by atoms with van der Waals surface area (Å²) in [5, 5.41) is 10.9. The Balaban J connectivity index is 2.49. The van der Waals surface area contributed by atoms with Crippen molar-refractivity contribution in [2.75, 3.05) is 7.05 Å². The zero-order chi connectivity index (χ0) is 15.1. The minimum absolute atomic E-state index is 0.261. The van der Waals surface area contributed by atoms with Crippen LogP contribution in [0.3, 0.4) is 0 Å². The Morgan fingerprint density at radius 3 is 2.55 bits per heavy atom. The van der Waals surface area contributed by atoms with Gasteiger partial charge in [0.2, 0.25) is 15.8 Å². The lowest BCUT2D eigenvalue weighted by atomic mass is 10.2. The van der Waals surface area contributed by atoms with Gasteiger partial charge in [-0.1, -0.05) is 6.07 Å². The molecule has 1 aromatic rings. The molecule has 0 amide bonds. The molecule has 1 aliphatic rings. The van der Waals surface area contributed by atoms with Gasteiger partial charge in [0.15, 0.2) is 4.90 Å². The minimum atomic E-state index is -4.09. The summed E-state index contributed by atoms with van der Waals surface area (Å²) in [6.07, 6.45) is 1.87. The monoisotopic (exact) mass is 302 g/mol. The van der Waals surface area contributed by atoms with E-state index >= 15 is 0 Å². The van der Waals surface area contributed by atoms with Crippen molar-refractivity contribution in [1.29, 1.82) is 0 Å². The molecule has 20 heavy (non-hydrogen) atoms.